The lowest BCUT2D eigenvalue weighted by atomic mass is 10.1. The molecule has 1 amide bonds. The molecule has 1 fully saturated rings. The fourth-order valence-corrected chi connectivity index (χ4v) is 4.67. The molecule has 12 heteroatoms. The molecule has 2 heterocycles. The van der Waals surface area contributed by atoms with Gasteiger partial charge in [-0.15, -0.1) is 0 Å². The van der Waals surface area contributed by atoms with Crippen LogP contribution in [0.3, 0.4) is 0 Å². The number of furan rings is 1. The van der Waals surface area contributed by atoms with E-state index < -0.39 is 21.9 Å². The number of rotatable bonds is 5. The molecule has 1 aromatic heterocycles. The van der Waals surface area contributed by atoms with E-state index >= 15 is 0 Å². The summed E-state index contributed by atoms with van der Waals surface area (Å²) in [6.07, 6.45) is 0. The minimum absolute atomic E-state index is 0.00611. The molecular formula is C19H18ClN3O7S. The molecule has 2 aromatic rings. The number of halogens is 1. The van der Waals surface area contributed by atoms with Crippen LogP contribution in [0.15, 0.2) is 27.5 Å². The first-order valence-electron chi connectivity index (χ1n) is 9.01. The Labute approximate surface area is 183 Å². The van der Waals surface area contributed by atoms with Gasteiger partial charge in [0, 0.05) is 13.1 Å². The molecule has 0 unspecified atom stereocenters. The van der Waals surface area contributed by atoms with Gasteiger partial charge in [-0.25, -0.2) is 13.2 Å². The highest BCUT2D eigenvalue weighted by molar-refractivity contribution is 7.89. The molecule has 0 radical (unpaired) electrons. The van der Waals surface area contributed by atoms with Crippen molar-refractivity contribution in [2.24, 2.45) is 0 Å². The third kappa shape index (κ3) is 4.42. The number of esters is 1. The van der Waals surface area contributed by atoms with Crippen LogP contribution in [0.1, 0.15) is 32.0 Å². The lowest BCUT2D eigenvalue weighted by Gasteiger charge is -2.26. The summed E-state index contributed by atoms with van der Waals surface area (Å²) < 4.78 is 42.1. The minimum atomic E-state index is -3.86. The maximum absolute atomic E-state index is 12.9. The average molecular weight is 468 g/mol. The van der Waals surface area contributed by atoms with Crippen LogP contribution in [0, 0.1) is 18.3 Å². The second kappa shape index (κ2) is 9.07. The molecule has 0 atom stereocenters. The fourth-order valence-electron chi connectivity index (χ4n) is 3.03. The van der Waals surface area contributed by atoms with Crippen LogP contribution < -0.4 is 5.32 Å². The van der Waals surface area contributed by atoms with Crippen molar-refractivity contribution in [1.82, 2.24) is 4.31 Å². The van der Waals surface area contributed by atoms with Gasteiger partial charge >= 0.3 is 5.97 Å². The van der Waals surface area contributed by atoms with Crippen molar-refractivity contribution in [2.75, 3.05) is 38.7 Å². The second-order valence-electron chi connectivity index (χ2n) is 6.45. The largest absolute Gasteiger partial charge is 0.465 e. The van der Waals surface area contributed by atoms with Crippen LogP contribution in [0.2, 0.25) is 5.02 Å². The number of carbonyl (C=O) groups is 2. The van der Waals surface area contributed by atoms with Crippen LogP contribution in [0.4, 0.5) is 5.88 Å². The summed E-state index contributed by atoms with van der Waals surface area (Å²) in [6, 6.07) is 5.53. The number of anilines is 1. The highest BCUT2D eigenvalue weighted by atomic mass is 35.5. The lowest BCUT2D eigenvalue weighted by molar-refractivity contribution is 0.0598. The van der Waals surface area contributed by atoms with Crippen molar-refractivity contribution in [1.29, 1.82) is 5.26 Å². The number of hydrogen-bond donors (Lipinski definition) is 1. The van der Waals surface area contributed by atoms with Gasteiger partial charge in [0.15, 0.2) is 0 Å². The topological polar surface area (TPSA) is 139 Å². The van der Waals surface area contributed by atoms with Crippen molar-refractivity contribution in [3.63, 3.8) is 0 Å². The van der Waals surface area contributed by atoms with Crippen LogP contribution in [-0.2, 0) is 19.5 Å². The second-order valence-corrected chi connectivity index (χ2v) is 8.80. The number of benzene rings is 1. The first kappa shape index (κ1) is 22.8. The van der Waals surface area contributed by atoms with E-state index in [1.165, 1.54) is 23.4 Å². The van der Waals surface area contributed by atoms with Gasteiger partial charge in [-0.3, -0.25) is 10.1 Å². The molecule has 1 aromatic carbocycles. The number of nitriles is 1. The van der Waals surface area contributed by atoms with E-state index in [-0.39, 0.29) is 64.6 Å². The molecule has 0 spiro atoms. The van der Waals surface area contributed by atoms with E-state index in [0.717, 1.165) is 13.2 Å². The number of nitrogens with one attached hydrogen (secondary N) is 1. The number of amides is 1. The monoisotopic (exact) mass is 467 g/mol. The molecule has 0 bridgehead atoms. The molecule has 164 valence electrons. The van der Waals surface area contributed by atoms with Crippen molar-refractivity contribution < 1.29 is 31.9 Å². The number of hydrogen-bond acceptors (Lipinski definition) is 8. The zero-order valence-electron chi connectivity index (χ0n) is 16.6. The van der Waals surface area contributed by atoms with E-state index in [4.69, 9.17) is 20.8 Å². The van der Waals surface area contributed by atoms with Crippen molar-refractivity contribution in [3.05, 3.63) is 45.7 Å². The summed E-state index contributed by atoms with van der Waals surface area (Å²) in [6.45, 7) is 2.38. The SMILES string of the molecule is COC(=O)c1c(C)oc(NC(=O)c2cc(S(=O)(=O)N3CCOCC3)ccc2Cl)c1C#N. The summed E-state index contributed by atoms with van der Waals surface area (Å²) >= 11 is 6.12. The van der Waals surface area contributed by atoms with Crippen molar-refractivity contribution in [3.8, 4) is 6.07 Å². The number of morpholine rings is 1. The molecule has 31 heavy (non-hydrogen) atoms. The van der Waals surface area contributed by atoms with Crippen molar-refractivity contribution >= 4 is 39.4 Å². The number of carbonyl (C=O) groups excluding carboxylic acids is 2. The highest BCUT2D eigenvalue weighted by Crippen LogP contribution is 2.29. The molecule has 0 saturated carbocycles. The zero-order chi connectivity index (χ0) is 22.8. The summed E-state index contributed by atoms with van der Waals surface area (Å²) in [5.41, 5.74) is -0.477. The number of nitrogens with zero attached hydrogens (tertiary/aromatic N) is 2. The van der Waals surface area contributed by atoms with Gasteiger partial charge in [0.25, 0.3) is 5.91 Å². The Balaban J connectivity index is 1.94. The van der Waals surface area contributed by atoms with Crippen LogP contribution in [0.25, 0.3) is 0 Å². The Bertz CT molecular complexity index is 1180. The molecule has 1 aliphatic rings. The summed E-state index contributed by atoms with van der Waals surface area (Å²) in [7, 11) is -2.71. The number of ether oxygens (including phenoxy) is 2. The molecule has 3 rings (SSSR count). The third-order valence-corrected chi connectivity index (χ3v) is 6.83. The Hall–Kier alpha value is -2.91. The number of aryl methyl sites for hydroxylation is 1. The normalized spacial score (nSPS) is 14.6. The molecule has 10 nitrogen and oxygen atoms in total. The van der Waals surface area contributed by atoms with Gasteiger partial charge < -0.3 is 13.9 Å². The van der Waals surface area contributed by atoms with Gasteiger partial charge in [0.1, 0.15) is 23.0 Å². The van der Waals surface area contributed by atoms with Gasteiger partial charge in [0.05, 0.1) is 35.8 Å². The first-order valence-corrected chi connectivity index (χ1v) is 10.8. The Morgan fingerprint density at radius 2 is 1.97 bits per heavy atom. The van der Waals surface area contributed by atoms with Crippen LogP contribution in [-0.4, -0.2) is 58.0 Å². The molecule has 0 aliphatic carbocycles. The quantitative estimate of drug-likeness (QED) is 0.660. The van der Waals surface area contributed by atoms with Gasteiger partial charge in [-0.05, 0) is 25.1 Å². The standard InChI is InChI=1S/C19H18ClN3O7S/c1-11-16(19(25)28-2)14(10-21)18(30-11)22-17(24)13-9-12(3-4-15(13)20)31(26,27)23-5-7-29-8-6-23/h3-4,9H,5-8H2,1-2H3,(H,22,24). The maximum Gasteiger partial charge on any atom is 0.342 e. The van der Waals surface area contributed by atoms with Gasteiger partial charge in [-0.2, -0.15) is 9.57 Å². The Morgan fingerprint density at radius 3 is 2.58 bits per heavy atom. The van der Waals surface area contributed by atoms with E-state index in [1.54, 1.807) is 6.07 Å². The van der Waals surface area contributed by atoms with Crippen LogP contribution in [0.5, 0.6) is 0 Å². The van der Waals surface area contributed by atoms with E-state index in [2.05, 4.69) is 10.1 Å². The predicted molar refractivity (Wildman–Crippen MR) is 108 cm³/mol. The average Bonchev–Trinajstić information content (AvgIpc) is 3.08. The Morgan fingerprint density at radius 1 is 1.29 bits per heavy atom. The minimum Gasteiger partial charge on any atom is -0.465 e. The lowest BCUT2D eigenvalue weighted by Crippen LogP contribution is -2.40. The first-order chi connectivity index (χ1) is 14.7. The highest BCUT2D eigenvalue weighted by Gasteiger charge is 2.29. The van der Waals surface area contributed by atoms with Gasteiger partial charge in [0.2, 0.25) is 15.9 Å². The van der Waals surface area contributed by atoms with Gasteiger partial charge in [-0.1, -0.05) is 11.6 Å². The van der Waals surface area contributed by atoms with E-state index in [0.29, 0.717) is 0 Å². The molecular weight excluding hydrogens is 450 g/mol. The number of sulfonamides is 1. The molecule has 1 N–H and O–H groups in total. The Kier molecular flexibility index (Phi) is 6.66. The predicted octanol–water partition coefficient (Wildman–Crippen LogP) is 2.17. The summed E-state index contributed by atoms with van der Waals surface area (Å²) in [5, 5.41) is 11.8. The van der Waals surface area contributed by atoms with E-state index in [9.17, 15) is 23.3 Å². The zero-order valence-corrected chi connectivity index (χ0v) is 18.2. The smallest absolute Gasteiger partial charge is 0.342 e. The summed E-state index contributed by atoms with van der Waals surface area (Å²) in [5.74, 6) is -1.81. The van der Waals surface area contributed by atoms with Crippen LogP contribution >= 0.6 is 11.6 Å². The maximum atomic E-state index is 12.9. The third-order valence-electron chi connectivity index (χ3n) is 4.60. The van der Waals surface area contributed by atoms with Crippen molar-refractivity contribution in [2.45, 2.75) is 11.8 Å². The summed E-state index contributed by atoms with van der Waals surface area (Å²) in [4.78, 5) is 24.6. The number of methoxy groups -OCH3 is 1. The fraction of sp³-hybridized carbons (Fsp3) is 0.316. The van der Waals surface area contributed by atoms with E-state index in [1.807, 2.05) is 0 Å². The molecule has 1 saturated heterocycles. The molecule has 1 aliphatic heterocycles.